The van der Waals surface area contributed by atoms with Gasteiger partial charge in [-0.3, -0.25) is 19.7 Å². The SMILES string of the molecule is C[C@@H](OC(=O)[C@H]1CC(=O)N(Cc2ccco2)C1)C(=O)NC(=O)NC(C)(C)C. The van der Waals surface area contributed by atoms with E-state index in [1.165, 1.54) is 18.1 Å². The van der Waals surface area contributed by atoms with Crippen molar-refractivity contribution in [3.8, 4) is 0 Å². The lowest BCUT2D eigenvalue weighted by Gasteiger charge is -2.21. The lowest BCUT2D eigenvalue weighted by molar-refractivity contribution is -0.158. The van der Waals surface area contributed by atoms with E-state index < -0.39 is 35.5 Å². The third kappa shape index (κ3) is 6.12. The fourth-order valence-electron chi connectivity index (χ4n) is 2.58. The molecule has 1 aliphatic heterocycles. The number of carbonyl (C=O) groups is 4. The highest BCUT2D eigenvalue weighted by molar-refractivity contribution is 5.97. The summed E-state index contributed by atoms with van der Waals surface area (Å²) in [5, 5.41) is 4.70. The molecule has 0 radical (unpaired) electrons. The number of nitrogens with zero attached hydrogens (tertiary/aromatic N) is 1. The van der Waals surface area contributed by atoms with Crippen LogP contribution in [0.15, 0.2) is 22.8 Å². The molecule has 2 atom stereocenters. The van der Waals surface area contributed by atoms with Crippen molar-refractivity contribution in [2.75, 3.05) is 6.54 Å². The number of rotatable bonds is 5. The molecule has 0 saturated carbocycles. The monoisotopic (exact) mass is 379 g/mol. The number of ether oxygens (including phenoxy) is 1. The van der Waals surface area contributed by atoms with Crippen LogP contribution in [0.3, 0.4) is 0 Å². The first-order chi connectivity index (χ1) is 12.5. The second-order valence-corrected chi connectivity index (χ2v) is 7.53. The van der Waals surface area contributed by atoms with E-state index in [4.69, 9.17) is 9.15 Å². The lowest BCUT2D eigenvalue weighted by atomic mass is 10.1. The van der Waals surface area contributed by atoms with Crippen molar-refractivity contribution in [1.82, 2.24) is 15.5 Å². The van der Waals surface area contributed by atoms with Crippen LogP contribution in [0.5, 0.6) is 0 Å². The highest BCUT2D eigenvalue weighted by Gasteiger charge is 2.37. The Morgan fingerprint density at radius 3 is 2.67 bits per heavy atom. The molecule has 2 N–H and O–H groups in total. The number of imide groups is 1. The molecule has 1 saturated heterocycles. The van der Waals surface area contributed by atoms with Gasteiger partial charge < -0.3 is 19.4 Å². The summed E-state index contributed by atoms with van der Waals surface area (Å²) in [4.78, 5) is 49.5. The standard InChI is InChI=1S/C18H25N3O6/c1-11(15(23)19-17(25)20-18(2,3)4)27-16(24)12-8-14(22)21(9-12)10-13-6-5-7-26-13/h5-7,11-12H,8-10H2,1-4H3,(H2,19,20,23,25)/t11-,12+/m1/s1. The Hall–Kier alpha value is -2.84. The van der Waals surface area contributed by atoms with E-state index in [1.54, 1.807) is 32.9 Å². The van der Waals surface area contributed by atoms with Crippen LogP contribution in [0, 0.1) is 5.92 Å². The molecule has 2 heterocycles. The minimum Gasteiger partial charge on any atom is -0.467 e. The van der Waals surface area contributed by atoms with Crippen LogP contribution in [0.25, 0.3) is 0 Å². The average Bonchev–Trinajstić information content (AvgIpc) is 3.16. The van der Waals surface area contributed by atoms with E-state index >= 15 is 0 Å². The second kappa shape index (κ2) is 8.24. The molecular formula is C18H25N3O6. The number of nitrogens with one attached hydrogen (secondary N) is 2. The van der Waals surface area contributed by atoms with Gasteiger partial charge in [-0.1, -0.05) is 0 Å². The first-order valence-corrected chi connectivity index (χ1v) is 8.69. The molecule has 148 valence electrons. The summed E-state index contributed by atoms with van der Waals surface area (Å²) in [5.74, 6) is -1.61. The number of esters is 1. The maximum absolute atomic E-state index is 12.3. The Bertz CT molecular complexity index is 707. The highest BCUT2D eigenvalue weighted by atomic mass is 16.5. The summed E-state index contributed by atoms with van der Waals surface area (Å²) in [5.41, 5.74) is -0.508. The molecule has 1 fully saturated rings. The van der Waals surface area contributed by atoms with E-state index in [9.17, 15) is 19.2 Å². The molecule has 1 aromatic heterocycles. The van der Waals surface area contributed by atoms with Crippen molar-refractivity contribution < 1.29 is 28.3 Å². The normalized spacial score (nSPS) is 18.1. The quantitative estimate of drug-likeness (QED) is 0.742. The molecule has 0 aliphatic carbocycles. The van der Waals surface area contributed by atoms with E-state index in [1.807, 2.05) is 0 Å². The number of hydrogen-bond acceptors (Lipinski definition) is 6. The maximum atomic E-state index is 12.3. The Morgan fingerprint density at radius 1 is 1.37 bits per heavy atom. The van der Waals surface area contributed by atoms with E-state index in [0.717, 1.165) is 0 Å². The first kappa shape index (κ1) is 20.5. The summed E-state index contributed by atoms with van der Waals surface area (Å²) < 4.78 is 10.3. The number of urea groups is 1. The molecule has 1 aliphatic rings. The van der Waals surface area contributed by atoms with Crippen LogP contribution in [-0.4, -0.2) is 46.9 Å². The Kier molecular flexibility index (Phi) is 6.24. The summed E-state index contributed by atoms with van der Waals surface area (Å²) in [6, 6.07) is 2.79. The number of likely N-dealkylation sites (tertiary alicyclic amines) is 1. The summed E-state index contributed by atoms with van der Waals surface area (Å²) >= 11 is 0. The van der Waals surface area contributed by atoms with Gasteiger partial charge in [0.1, 0.15) is 5.76 Å². The van der Waals surface area contributed by atoms with Gasteiger partial charge in [-0.15, -0.1) is 0 Å². The summed E-state index contributed by atoms with van der Waals surface area (Å²) in [6.45, 7) is 7.15. The minimum atomic E-state index is -1.16. The fourth-order valence-corrected chi connectivity index (χ4v) is 2.58. The van der Waals surface area contributed by atoms with Gasteiger partial charge >= 0.3 is 12.0 Å². The van der Waals surface area contributed by atoms with Crippen LogP contribution in [0.4, 0.5) is 4.79 Å². The summed E-state index contributed by atoms with van der Waals surface area (Å²) in [6.07, 6.45) is 0.369. The van der Waals surface area contributed by atoms with Gasteiger partial charge in [0.15, 0.2) is 6.10 Å². The zero-order valence-corrected chi connectivity index (χ0v) is 15.9. The Labute approximate surface area is 157 Å². The topological polar surface area (TPSA) is 118 Å². The molecule has 27 heavy (non-hydrogen) atoms. The molecule has 0 unspecified atom stereocenters. The van der Waals surface area contributed by atoms with E-state index in [0.29, 0.717) is 5.76 Å². The third-order valence-electron chi connectivity index (χ3n) is 3.86. The van der Waals surface area contributed by atoms with Crippen molar-refractivity contribution in [3.05, 3.63) is 24.2 Å². The summed E-state index contributed by atoms with van der Waals surface area (Å²) in [7, 11) is 0. The average molecular weight is 379 g/mol. The molecule has 9 nitrogen and oxygen atoms in total. The van der Waals surface area contributed by atoms with Crippen molar-refractivity contribution in [2.45, 2.75) is 52.3 Å². The van der Waals surface area contributed by atoms with Crippen molar-refractivity contribution >= 4 is 23.8 Å². The fraction of sp³-hybridized carbons (Fsp3) is 0.556. The number of hydrogen-bond donors (Lipinski definition) is 2. The van der Waals surface area contributed by atoms with Crippen LogP contribution >= 0.6 is 0 Å². The number of amides is 4. The van der Waals surface area contributed by atoms with Crippen molar-refractivity contribution in [3.63, 3.8) is 0 Å². The maximum Gasteiger partial charge on any atom is 0.321 e. The lowest BCUT2D eigenvalue weighted by Crippen LogP contribution is -2.50. The predicted molar refractivity (Wildman–Crippen MR) is 94.2 cm³/mol. The van der Waals surface area contributed by atoms with Crippen molar-refractivity contribution in [2.24, 2.45) is 5.92 Å². The van der Waals surface area contributed by atoms with Gasteiger partial charge in [-0.25, -0.2) is 4.79 Å². The zero-order chi connectivity index (χ0) is 20.2. The Balaban J connectivity index is 1.82. The Morgan fingerprint density at radius 2 is 2.07 bits per heavy atom. The second-order valence-electron chi connectivity index (χ2n) is 7.53. The van der Waals surface area contributed by atoms with Crippen LogP contribution in [0.1, 0.15) is 39.9 Å². The van der Waals surface area contributed by atoms with Gasteiger partial charge in [0.25, 0.3) is 5.91 Å². The van der Waals surface area contributed by atoms with Gasteiger partial charge in [-0.2, -0.15) is 0 Å². The predicted octanol–water partition coefficient (Wildman–Crippen LogP) is 1.18. The molecule has 0 spiro atoms. The van der Waals surface area contributed by atoms with Gasteiger partial charge in [0.2, 0.25) is 5.91 Å². The zero-order valence-electron chi connectivity index (χ0n) is 15.9. The van der Waals surface area contributed by atoms with Crippen LogP contribution < -0.4 is 10.6 Å². The molecule has 0 aromatic carbocycles. The molecule has 0 bridgehead atoms. The molecule has 1 aromatic rings. The molecule has 2 rings (SSSR count). The first-order valence-electron chi connectivity index (χ1n) is 8.69. The van der Waals surface area contributed by atoms with E-state index in [2.05, 4.69) is 10.6 Å². The highest BCUT2D eigenvalue weighted by Crippen LogP contribution is 2.22. The molecule has 4 amide bonds. The number of carbonyl (C=O) groups excluding carboxylic acids is 4. The third-order valence-corrected chi connectivity index (χ3v) is 3.86. The van der Waals surface area contributed by atoms with Crippen molar-refractivity contribution in [1.29, 1.82) is 0 Å². The van der Waals surface area contributed by atoms with Gasteiger partial charge in [0.05, 0.1) is 18.7 Å². The molecule has 9 heteroatoms. The largest absolute Gasteiger partial charge is 0.467 e. The van der Waals surface area contributed by atoms with Gasteiger partial charge in [0, 0.05) is 18.5 Å². The smallest absolute Gasteiger partial charge is 0.321 e. The number of furan rings is 1. The van der Waals surface area contributed by atoms with E-state index in [-0.39, 0.29) is 25.4 Å². The minimum absolute atomic E-state index is 0.0123. The van der Waals surface area contributed by atoms with Gasteiger partial charge in [-0.05, 0) is 39.8 Å². The molecular weight excluding hydrogens is 354 g/mol. The van der Waals surface area contributed by atoms with Crippen LogP contribution in [-0.2, 0) is 25.7 Å². The van der Waals surface area contributed by atoms with Crippen LogP contribution in [0.2, 0.25) is 0 Å².